The molecule has 148 valence electrons. The van der Waals surface area contributed by atoms with E-state index in [4.69, 9.17) is 9.47 Å². The molecule has 0 aliphatic carbocycles. The molecule has 8 heteroatoms. The minimum atomic E-state index is -0.149. The highest BCUT2D eigenvalue weighted by Crippen LogP contribution is 2.29. The number of hydrogen-bond acceptors (Lipinski definition) is 6. The van der Waals surface area contributed by atoms with Crippen LogP contribution in [0, 0.1) is 0 Å². The van der Waals surface area contributed by atoms with Crippen LogP contribution >= 0.6 is 11.3 Å². The van der Waals surface area contributed by atoms with Gasteiger partial charge in [0.25, 0.3) is 5.91 Å². The second-order valence-corrected chi connectivity index (χ2v) is 7.21. The highest BCUT2D eigenvalue weighted by atomic mass is 32.1. The van der Waals surface area contributed by atoms with Crippen LogP contribution in [0.5, 0.6) is 11.5 Å². The molecule has 0 atom stereocenters. The highest BCUT2D eigenvalue weighted by Gasteiger charge is 2.15. The van der Waals surface area contributed by atoms with Gasteiger partial charge in [-0.1, -0.05) is 0 Å². The average Bonchev–Trinajstić information content (AvgIpc) is 3.41. The first kappa shape index (κ1) is 18.8. The van der Waals surface area contributed by atoms with Crippen molar-refractivity contribution in [2.24, 2.45) is 0 Å². The number of thiophene rings is 1. The van der Waals surface area contributed by atoms with Crippen LogP contribution in [-0.2, 0) is 6.54 Å². The Bertz CT molecular complexity index is 1130. The van der Waals surface area contributed by atoms with Crippen LogP contribution in [0.25, 0.3) is 11.0 Å². The average molecular weight is 408 g/mol. The maximum Gasteiger partial charge on any atom is 0.263 e. The maximum absolute atomic E-state index is 12.8. The van der Waals surface area contributed by atoms with Crippen molar-refractivity contribution in [1.29, 1.82) is 0 Å². The zero-order chi connectivity index (χ0) is 20.2. The Balaban J connectivity index is 1.50. The molecule has 0 aliphatic rings. The van der Waals surface area contributed by atoms with Gasteiger partial charge in [-0.05, 0) is 41.3 Å². The van der Waals surface area contributed by atoms with Crippen molar-refractivity contribution in [2.45, 2.75) is 6.54 Å². The van der Waals surface area contributed by atoms with Gasteiger partial charge in [0.05, 0.1) is 25.6 Å². The molecule has 0 saturated heterocycles. The molecule has 0 bridgehead atoms. The molecule has 1 aromatic carbocycles. The van der Waals surface area contributed by atoms with Gasteiger partial charge >= 0.3 is 0 Å². The van der Waals surface area contributed by atoms with Gasteiger partial charge in [0.2, 0.25) is 0 Å². The number of H-pyrrole nitrogens is 1. The van der Waals surface area contributed by atoms with E-state index in [-0.39, 0.29) is 5.91 Å². The molecule has 1 amide bonds. The largest absolute Gasteiger partial charge is 0.497 e. The van der Waals surface area contributed by atoms with E-state index in [1.807, 2.05) is 41.9 Å². The van der Waals surface area contributed by atoms with Gasteiger partial charge in [-0.15, -0.1) is 11.3 Å². The zero-order valence-electron chi connectivity index (χ0n) is 16.0. The summed E-state index contributed by atoms with van der Waals surface area (Å²) in [6, 6.07) is 11.3. The second kappa shape index (κ2) is 8.24. The number of hydrogen-bond donors (Lipinski definition) is 3. The summed E-state index contributed by atoms with van der Waals surface area (Å²) in [7, 11) is 3.20. The molecule has 7 nitrogen and oxygen atoms in total. The number of nitrogens with zero attached hydrogens (tertiary/aromatic N) is 1. The second-order valence-electron chi connectivity index (χ2n) is 6.29. The predicted octanol–water partition coefficient (Wildman–Crippen LogP) is 4.32. The number of fused-ring (bicyclic) bond motifs is 1. The third-order valence-corrected chi connectivity index (χ3v) is 5.38. The maximum atomic E-state index is 12.8. The summed E-state index contributed by atoms with van der Waals surface area (Å²) >= 11 is 1.39. The molecule has 3 heterocycles. The predicted molar refractivity (Wildman–Crippen MR) is 114 cm³/mol. The minimum Gasteiger partial charge on any atom is -0.497 e. The third-order valence-electron chi connectivity index (χ3n) is 4.47. The van der Waals surface area contributed by atoms with E-state index in [1.165, 1.54) is 11.3 Å². The lowest BCUT2D eigenvalue weighted by atomic mass is 10.2. The summed E-state index contributed by atoms with van der Waals surface area (Å²) in [6.07, 6.45) is 3.57. The Morgan fingerprint density at radius 1 is 1.10 bits per heavy atom. The quantitative estimate of drug-likeness (QED) is 0.424. The van der Waals surface area contributed by atoms with Crippen molar-refractivity contribution in [3.8, 4) is 11.5 Å². The molecule has 4 aromatic rings. The summed E-state index contributed by atoms with van der Waals surface area (Å²) in [5.41, 5.74) is 3.33. The van der Waals surface area contributed by atoms with E-state index in [0.717, 1.165) is 28.0 Å². The molecule has 0 radical (unpaired) electrons. The molecular formula is C21H20N4O3S. The fraction of sp³-hybridized carbons (Fsp3) is 0.143. The lowest BCUT2D eigenvalue weighted by molar-refractivity contribution is 0.0955. The molecule has 4 rings (SSSR count). The number of nitrogens with one attached hydrogen (secondary N) is 3. The topological polar surface area (TPSA) is 88.3 Å². The van der Waals surface area contributed by atoms with Crippen LogP contribution in [0.2, 0.25) is 0 Å². The van der Waals surface area contributed by atoms with Crippen molar-refractivity contribution in [3.63, 3.8) is 0 Å². The number of aromatic nitrogens is 2. The number of rotatable bonds is 7. The minimum absolute atomic E-state index is 0.149. The van der Waals surface area contributed by atoms with Crippen LogP contribution < -0.4 is 20.1 Å². The molecule has 0 saturated carbocycles. The summed E-state index contributed by atoms with van der Waals surface area (Å²) in [4.78, 5) is 20.8. The van der Waals surface area contributed by atoms with Crippen LogP contribution in [0.1, 0.15) is 15.2 Å². The number of carbonyl (C=O) groups is 1. The van der Waals surface area contributed by atoms with Crippen molar-refractivity contribution in [1.82, 2.24) is 15.3 Å². The number of aromatic amines is 1. The summed E-state index contributed by atoms with van der Waals surface area (Å²) in [6.45, 7) is 0.362. The van der Waals surface area contributed by atoms with Crippen LogP contribution in [-0.4, -0.2) is 30.1 Å². The first-order valence-corrected chi connectivity index (χ1v) is 9.82. The van der Waals surface area contributed by atoms with Crippen molar-refractivity contribution < 1.29 is 14.3 Å². The Labute approximate surface area is 171 Å². The molecule has 3 N–H and O–H groups in total. The van der Waals surface area contributed by atoms with Crippen LogP contribution in [0.15, 0.2) is 54.2 Å². The van der Waals surface area contributed by atoms with Gasteiger partial charge in [-0.2, -0.15) is 0 Å². The molecule has 0 unspecified atom stereocenters. The lowest BCUT2D eigenvalue weighted by Crippen LogP contribution is -2.22. The van der Waals surface area contributed by atoms with E-state index >= 15 is 0 Å². The number of anilines is 2. The van der Waals surface area contributed by atoms with Gasteiger partial charge in [0, 0.05) is 30.4 Å². The van der Waals surface area contributed by atoms with E-state index in [2.05, 4.69) is 20.6 Å². The standard InChI is InChI=1S/C21H20N4O3S/c1-27-14-9-13(10-15(11-14)28-2)12-24-21(26)19-18(5-8-29-19)25-17-4-7-23-20-16(17)3-6-22-20/h3-11H,12H2,1-2H3,(H,24,26)(H2,22,23,25). The van der Waals surface area contributed by atoms with E-state index in [0.29, 0.717) is 22.9 Å². The Hall–Kier alpha value is -3.52. The smallest absolute Gasteiger partial charge is 0.263 e. The number of carbonyl (C=O) groups excluding carboxylic acids is 1. The van der Waals surface area contributed by atoms with Gasteiger partial charge in [-0.3, -0.25) is 4.79 Å². The zero-order valence-corrected chi connectivity index (χ0v) is 16.8. The van der Waals surface area contributed by atoms with Crippen LogP contribution in [0.3, 0.4) is 0 Å². The van der Waals surface area contributed by atoms with Gasteiger partial charge in [-0.25, -0.2) is 4.98 Å². The Morgan fingerprint density at radius 2 is 1.90 bits per heavy atom. The number of methoxy groups -OCH3 is 2. The number of amides is 1. The van der Waals surface area contributed by atoms with Gasteiger partial charge in [0.15, 0.2) is 0 Å². The lowest BCUT2D eigenvalue weighted by Gasteiger charge is -2.11. The third kappa shape index (κ3) is 4.02. The Kier molecular flexibility index (Phi) is 5.35. The molecule has 3 aromatic heterocycles. The van der Waals surface area contributed by atoms with Gasteiger partial charge < -0.3 is 25.1 Å². The van der Waals surface area contributed by atoms with E-state index in [1.54, 1.807) is 26.5 Å². The van der Waals surface area contributed by atoms with Gasteiger partial charge in [0.1, 0.15) is 22.0 Å². The van der Waals surface area contributed by atoms with Crippen LogP contribution in [0.4, 0.5) is 11.4 Å². The molecular weight excluding hydrogens is 388 g/mol. The van der Waals surface area contributed by atoms with E-state index < -0.39 is 0 Å². The summed E-state index contributed by atoms with van der Waals surface area (Å²) in [5.74, 6) is 1.21. The highest BCUT2D eigenvalue weighted by molar-refractivity contribution is 7.12. The van der Waals surface area contributed by atoms with Crippen molar-refractivity contribution in [3.05, 3.63) is 64.6 Å². The number of ether oxygens (including phenoxy) is 2. The number of benzene rings is 1. The Morgan fingerprint density at radius 3 is 2.66 bits per heavy atom. The SMILES string of the molecule is COc1cc(CNC(=O)c2sccc2Nc2ccnc3[nH]ccc23)cc(OC)c1. The van der Waals surface area contributed by atoms with E-state index in [9.17, 15) is 4.79 Å². The fourth-order valence-electron chi connectivity index (χ4n) is 3.03. The van der Waals surface area contributed by atoms with Crippen molar-refractivity contribution in [2.75, 3.05) is 19.5 Å². The molecule has 0 fully saturated rings. The number of pyridine rings is 1. The molecule has 0 spiro atoms. The fourth-order valence-corrected chi connectivity index (χ4v) is 3.80. The normalized spacial score (nSPS) is 10.7. The summed E-state index contributed by atoms with van der Waals surface area (Å²) < 4.78 is 10.6. The summed E-state index contributed by atoms with van der Waals surface area (Å²) in [5, 5.41) is 9.17. The first-order valence-electron chi connectivity index (χ1n) is 8.94. The first-order chi connectivity index (χ1) is 14.2. The molecule has 29 heavy (non-hydrogen) atoms. The monoisotopic (exact) mass is 408 g/mol. The van der Waals surface area contributed by atoms with Crippen molar-refractivity contribution >= 4 is 39.7 Å². The molecule has 0 aliphatic heterocycles.